The van der Waals surface area contributed by atoms with Crippen LogP contribution < -0.4 is 5.73 Å². The van der Waals surface area contributed by atoms with Crippen molar-refractivity contribution in [1.82, 2.24) is 0 Å². The van der Waals surface area contributed by atoms with E-state index in [0.29, 0.717) is 10.6 Å². The van der Waals surface area contributed by atoms with Crippen LogP contribution in [0.5, 0.6) is 5.75 Å². The molecule has 0 saturated heterocycles. The van der Waals surface area contributed by atoms with Crippen LogP contribution in [0.2, 0.25) is 10.0 Å². The van der Waals surface area contributed by atoms with Crippen molar-refractivity contribution in [3.8, 4) is 5.75 Å². The standard InChI is InChI=1S/C8H6F3NO.C7H5Cl2NO/c9-8(10,11)6-3-1-2-5(4-6)7(12)13;8-5-1-4(3-10)7(11)6(9)2-5/h1-4H,(H2,12,13);1-3,10-11H. The van der Waals surface area contributed by atoms with E-state index in [9.17, 15) is 23.1 Å². The smallest absolute Gasteiger partial charge is 0.416 e. The second-order valence-electron chi connectivity index (χ2n) is 4.41. The fourth-order valence-electron chi connectivity index (χ4n) is 1.54. The van der Waals surface area contributed by atoms with Crippen molar-refractivity contribution < 1.29 is 23.1 Å². The normalized spacial score (nSPS) is 10.5. The molecule has 0 spiro atoms. The molecule has 0 aromatic heterocycles. The molecule has 0 aliphatic heterocycles. The SMILES string of the molecule is N=Cc1cc(Cl)cc(Cl)c1O.NC(=O)c1cccc(C(F)(F)F)c1. The van der Waals surface area contributed by atoms with Gasteiger partial charge in [-0.3, -0.25) is 4.79 Å². The minimum atomic E-state index is -4.44. The molecule has 0 radical (unpaired) electrons. The number of primary amides is 1. The fraction of sp³-hybridized carbons (Fsp3) is 0.0667. The van der Waals surface area contributed by atoms with Gasteiger partial charge in [0.15, 0.2) is 0 Å². The number of amides is 1. The first-order chi connectivity index (χ1) is 11.1. The summed E-state index contributed by atoms with van der Waals surface area (Å²) >= 11 is 11.2. The molecule has 2 aromatic rings. The summed E-state index contributed by atoms with van der Waals surface area (Å²) < 4.78 is 36.2. The first-order valence-corrected chi connectivity index (χ1v) is 6.97. The van der Waals surface area contributed by atoms with Gasteiger partial charge >= 0.3 is 6.18 Å². The molecule has 2 aromatic carbocycles. The van der Waals surface area contributed by atoms with E-state index in [4.69, 9.17) is 34.3 Å². The summed E-state index contributed by atoms with van der Waals surface area (Å²) in [7, 11) is 0. The lowest BCUT2D eigenvalue weighted by Gasteiger charge is -2.06. The van der Waals surface area contributed by atoms with E-state index in [0.717, 1.165) is 24.4 Å². The third-order valence-electron chi connectivity index (χ3n) is 2.69. The number of nitrogens with two attached hydrogens (primary N) is 1. The molecule has 0 atom stereocenters. The number of aromatic hydroxyl groups is 1. The van der Waals surface area contributed by atoms with Gasteiger partial charge in [-0.05, 0) is 30.3 Å². The van der Waals surface area contributed by atoms with Crippen molar-refractivity contribution in [3.63, 3.8) is 0 Å². The van der Waals surface area contributed by atoms with Crippen LogP contribution in [0.1, 0.15) is 21.5 Å². The molecule has 2 rings (SSSR count). The third-order valence-corrected chi connectivity index (χ3v) is 3.19. The second kappa shape index (κ2) is 8.03. The zero-order valence-corrected chi connectivity index (χ0v) is 13.4. The van der Waals surface area contributed by atoms with Crippen LogP contribution >= 0.6 is 23.2 Å². The number of phenols is 1. The highest BCUT2D eigenvalue weighted by Crippen LogP contribution is 2.30. The molecule has 0 fully saturated rings. The summed E-state index contributed by atoms with van der Waals surface area (Å²) in [5.41, 5.74) is 4.13. The molecule has 0 unspecified atom stereocenters. The quantitative estimate of drug-likeness (QED) is 0.671. The second-order valence-corrected chi connectivity index (χ2v) is 5.26. The van der Waals surface area contributed by atoms with Crippen LogP contribution in [0.3, 0.4) is 0 Å². The van der Waals surface area contributed by atoms with E-state index < -0.39 is 17.6 Å². The van der Waals surface area contributed by atoms with Gasteiger partial charge in [-0.1, -0.05) is 29.3 Å². The van der Waals surface area contributed by atoms with Crippen molar-refractivity contribution in [2.24, 2.45) is 5.73 Å². The predicted octanol–water partition coefficient (Wildman–Crippen LogP) is 4.50. The number of benzene rings is 2. The Hall–Kier alpha value is -2.25. The number of phenolic OH excluding ortho intramolecular Hbond substituents is 1. The minimum absolute atomic E-state index is 0.105. The van der Waals surface area contributed by atoms with Crippen LogP contribution in [0.25, 0.3) is 0 Å². The van der Waals surface area contributed by atoms with Crippen molar-refractivity contribution in [3.05, 3.63) is 63.1 Å². The van der Waals surface area contributed by atoms with Gasteiger partial charge in [0.2, 0.25) is 5.91 Å². The van der Waals surface area contributed by atoms with Gasteiger partial charge in [0, 0.05) is 22.4 Å². The van der Waals surface area contributed by atoms with Crippen LogP contribution in [0.4, 0.5) is 13.2 Å². The van der Waals surface area contributed by atoms with E-state index >= 15 is 0 Å². The number of hydrogen-bond donors (Lipinski definition) is 3. The van der Waals surface area contributed by atoms with Crippen molar-refractivity contribution in [2.45, 2.75) is 6.18 Å². The highest BCUT2D eigenvalue weighted by molar-refractivity contribution is 6.36. The highest BCUT2D eigenvalue weighted by Gasteiger charge is 2.30. The topological polar surface area (TPSA) is 87.2 Å². The van der Waals surface area contributed by atoms with E-state index in [-0.39, 0.29) is 16.3 Å². The highest BCUT2D eigenvalue weighted by atomic mass is 35.5. The Labute approximate surface area is 145 Å². The molecule has 24 heavy (non-hydrogen) atoms. The lowest BCUT2D eigenvalue weighted by Crippen LogP contribution is -2.13. The van der Waals surface area contributed by atoms with Crippen LogP contribution in [-0.2, 0) is 6.18 Å². The van der Waals surface area contributed by atoms with Gasteiger partial charge in [-0.2, -0.15) is 13.2 Å². The summed E-state index contributed by atoms with van der Waals surface area (Å²) in [4.78, 5) is 10.5. The molecule has 4 N–H and O–H groups in total. The average molecular weight is 379 g/mol. The molecule has 0 saturated carbocycles. The molecule has 0 aliphatic rings. The Balaban J connectivity index is 0.000000243. The Morgan fingerprint density at radius 3 is 2.33 bits per heavy atom. The molecule has 0 bridgehead atoms. The van der Waals surface area contributed by atoms with Crippen LogP contribution in [0, 0.1) is 5.41 Å². The van der Waals surface area contributed by atoms with Crippen LogP contribution in [-0.4, -0.2) is 17.2 Å². The van der Waals surface area contributed by atoms with Gasteiger partial charge < -0.3 is 16.2 Å². The first kappa shape index (κ1) is 19.8. The fourth-order valence-corrected chi connectivity index (χ4v) is 2.05. The van der Waals surface area contributed by atoms with Gasteiger partial charge in [0.1, 0.15) is 5.75 Å². The number of carbonyl (C=O) groups is 1. The summed E-state index contributed by atoms with van der Waals surface area (Å²) in [5.74, 6) is -0.975. The number of hydrogen-bond acceptors (Lipinski definition) is 3. The molecule has 0 aliphatic carbocycles. The Kier molecular flexibility index (Phi) is 6.62. The van der Waals surface area contributed by atoms with E-state index in [1.165, 1.54) is 18.2 Å². The molecule has 0 heterocycles. The number of alkyl halides is 3. The average Bonchev–Trinajstić information content (AvgIpc) is 2.50. The summed E-state index contributed by atoms with van der Waals surface area (Å²) in [6.07, 6.45) is -3.45. The monoisotopic (exact) mass is 378 g/mol. The largest absolute Gasteiger partial charge is 0.506 e. The summed E-state index contributed by atoms with van der Waals surface area (Å²) in [6.45, 7) is 0. The lowest BCUT2D eigenvalue weighted by molar-refractivity contribution is -0.137. The van der Waals surface area contributed by atoms with Crippen LogP contribution in [0.15, 0.2) is 36.4 Å². The van der Waals surface area contributed by atoms with Gasteiger partial charge in [-0.25, -0.2) is 0 Å². The Morgan fingerprint density at radius 1 is 1.21 bits per heavy atom. The first-order valence-electron chi connectivity index (χ1n) is 6.21. The van der Waals surface area contributed by atoms with E-state index in [2.05, 4.69) is 0 Å². The predicted molar refractivity (Wildman–Crippen MR) is 86.0 cm³/mol. The number of carbonyl (C=O) groups excluding carboxylic acids is 1. The summed E-state index contributed by atoms with van der Waals surface area (Å²) in [6, 6.07) is 6.87. The number of halogens is 5. The number of rotatable bonds is 2. The van der Waals surface area contributed by atoms with Crippen molar-refractivity contribution in [2.75, 3.05) is 0 Å². The zero-order chi connectivity index (χ0) is 18.5. The van der Waals surface area contributed by atoms with Crippen molar-refractivity contribution >= 4 is 35.3 Å². The molecule has 128 valence electrons. The van der Waals surface area contributed by atoms with E-state index in [1.54, 1.807) is 0 Å². The maximum Gasteiger partial charge on any atom is 0.416 e. The molecule has 4 nitrogen and oxygen atoms in total. The molecule has 1 amide bonds. The molecule has 9 heteroatoms. The molecular formula is C15H11Cl2F3N2O2. The maximum atomic E-state index is 12.1. The Morgan fingerprint density at radius 2 is 1.83 bits per heavy atom. The summed E-state index contributed by atoms with van der Waals surface area (Å²) in [5, 5.41) is 16.6. The number of nitrogens with one attached hydrogen (secondary N) is 1. The van der Waals surface area contributed by atoms with Crippen molar-refractivity contribution in [1.29, 1.82) is 5.41 Å². The minimum Gasteiger partial charge on any atom is -0.506 e. The van der Waals surface area contributed by atoms with Gasteiger partial charge in [0.05, 0.1) is 10.6 Å². The lowest BCUT2D eigenvalue weighted by atomic mass is 10.1. The maximum absolute atomic E-state index is 12.1. The molecular weight excluding hydrogens is 368 g/mol. The van der Waals surface area contributed by atoms with Gasteiger partial charge in [-0.15, -0.1) is 0 Å². The Bertz CT molecular complexity index is 765. The van der Waals surface area contributed by atoms with Gasteiger partial charge in [0.25, 0.3) is 0 Å². The zero-order valence-electron chi connectivity index (χ0n) is 11.9. The third kappa shape index (κ3) is 5.43. The van der Waals surface area contributed by atoms with E-state index in [1.807, 2.05) is 0 Å².